The zero-order valence-electron chi connectivity index (χ0n) is 13.7. The van der Waals surface area contributed by atoms with Gasteiger partial charge in [0.1, 0.15) is 0 Å². The van der Waals surface area contributed by atoms with Crippen molar-refractivity contribution < 1.29 is 19.1 Å². The lowest BCUT2D eigenvalue weighted by Gasteiger charge is -2.22. The topological polar surface area (TPSA) is 79.0 Å². The Morgan fingerprint density at radius 3 is 2.71 bits per heavy atom. The van der Waals surface area contributed by atoms with Gasteiger partial charge in [-0.05, 0) is 37.1 Å². The molecule has 1 aromatic rings. The van der Waals surface area contributed by atoms with Crippen molar-refractivity contribution in [1.82, 2.24) is 9.80 Å². The normalized spacial score (nSPS) is 17.1. The van der Waals surface area contributed by atoms with Gasteiger partial charge < -0.3 is 19.9 Å². The van der Waals surface area contributed by atoms with Crippen molar-refractivity contribution in [1.29, 1.82) is 0 Å². The lowest BCUT2D eigenvalue weighted by molar-refractivity contribution is -0.115. The third-order valence-electron chi connectivity index (χ3n) is 4.29. The van der Waals surface area contributed by atoms with Crippen LogP contribution < -0.4 is 5.32 Å². The highest BCUT2D eigenvalue weighted by Gasteiger charge is 2.25. The molecular weight excluding hydrogens is 310 g/mol. The summed E-state index contributed by atoms with van der Waals surface area (Å²) in [7, 11) is 0. The molecule has 0 aliphatic carbocycles. The summed E-state index contributed by atoms with van der Waals surface area (Å²) < 4.78 is 5.02. The molecule has 7 heteroatoms. The highest BCUT2D eigenvalue weighted by molar-refractivity contribution is 6.01. The van der Waals surface area contributed by atoms with Crippen LogP contribution in [0.15, 0.2) is 18.2 Å². The number of carbonyl (C=O) groups is 3. The van der Waals surface area contributed by atoms with Gasteiger partial charge in [-0.1, -0.05) is 0 Å². The van der Waals surface area contributed by atoms with Gasteiger partial charge in [0.2, 0.25) is 5.91 Å². The number of ether oxygens (including phenoxy) is 1. The number of carbonyl (C=O) groups excluding carboxylic acids is 3. The first-order chi connectivity index (χ1) is 11.6. The van der Waals surface area contributed by atoms with E-state index < -0.39 is 0 Å². The Morgan fingerprint density at radius 2 is 1.92 bits per heavy atom. The van der Waals surface area contributed by atoms with Crippen LogP contribution in [0.2, 0.25) is 0 Å². The number of nitrogens with one attached hydrogen (secondary N) is 1. The smallest absolute Gasteiger partial charge is 0.409 e. The zero-order chi connectivity index (χ0) is 17.1. The Labute approximate surface area is 140 Å². The Balaban J connectivity index is 1.67. The molecule has 1 fully saturated rings. The van der Waals surface area contributed by atoms with Gasteiger partial charge in [0.05, 0.1) is 13.0 Å². The highest BCUT2D eigenvalue weighted by atomic mass is 16.6. The van der Waals surface area contributed by atoms with Gasteiger partial charge in [-0.3, -0.25) is 9.59 Å². The first kappa shape index (κ1) is 16.3. The van der Waals surface area contributed by atoms with E-state index in [9.17, 15) is 14.4 Å². The number of benzene rings is 1. The van der Waals surface area contributed by atoms with E-state index in [1.807, 2.05) is 0 Å². The summed E-state index contributed by atoms with van der Waals surface area (Å²) in [5, 5.41) is 2.76. The largest absolute Gasteiger partial charge is 0.450 e. The number of rotatable bonds is 2. The van der Waals surface area contributed by atoms with Gasteiger partial charge >= 0.3 is 6.09 Å². The summed E-state index contributed by atoms with van der Waals surface area (Å²) >= 11 is 0. The van der Waals surface area contributed by atoms with E-state index in [-0.39, 0.29) is 17.9 Å². The van der Waals surface area contributed by atoms with Crippen LogP contribution in [0.4, 0.5) is 10.5 Å². The zero-order valence-corrected chi connectivity index (χ0v) is 13.7. The summed E-state index contributed by atoms with van der Waals surface area (Å²) in [6, 6.07) is 5.29. The molecular formula is C17H21N3O4. The van der Waals surface area contributed by atoms with Crippen molar-refractivity contribution in [2.45, 2.75) is 19.8 Å². The van der Waals surface area contributed by atoms with Crippen molar-refractivity contribution in [2.24, 2.45) is 0 Å². The minimum absolute atomic E-state index is 0.0468. The van der Waals surface area contributed by atoms with Crippen LogP contribution in [0.5, 0.6) is 0 Å². The Bertz CT molecular complexity index is 674. The molecule has 0 atom stereocenters. The van der Waals surface area contributed by atoms with Crippen molar-refractivity contribution in [3.8, 4) is 0 Å². The number of hydrogen-bond donors (Lipinski definition) is 1. The maximum absolute atomic E-state index is 12.7. The molecule has 7 nitrogen and oxygen atoms in total. The molecule has 0 saturated carbocycles. The number of hydrogen-bond acceptors (Lipinski definition) is 4. The van der Waals surface area contributed by atoms with Crippen LogP contribution in [0.1, 0.15) is 29.3 Å². The number of fused-ring (bicyclic) bond motifs is 1. The van der Waals surface area contributed by atoms with E-state index in [2.05, 4.69) is 5.32 Å². The fourth-order valence-electron chi connectivity index (χ4n) is 3.06. The van der Waals surface area contributed by atoms with Crippen molar-refractivity contribution >= 4 is 23.6 Å². The van der Waals surface area contributed by atoms with Crippen LogP contribution in [-0.2, 0) is 16.0 Å². The highest BCUT2D eigenvalue weighted by Crippen LogP contribution is 2.24. The molecule has 3 rings (SSSR count). The Hall–Kier alpha value is -2.57. The standard InChI is InChI=1S/C17H21N3O4/c1-2-24-17(23)20-7-3-6-19(8-9-20)16(22)12-4-5-14-13(10-12)11-15(21)18-14/h4-5,10H,2-3,6-9,11H2,1H3,(H,18,21). The molecule has 24 heavy (non-hydrogen) atoms. The van der Waals surface area contributed by atoms with Gasteiger partial charge in [0, 0.05) is 37.4 Å². The average molecular weight is 331 g/mol. The number of anilines is 1. The Morgan fingerprint density at radius 1 is 1.17 bits per heavy atom. The van der Waals surface area contributed by atoms with E-state index in [1.54, 1.807) is 34.9 Å². The predicted molar refractivity (Wildman–Crippen MR) is 87.9 cm³/mol. The summed E-state index contributed by atoms with van der Waals surface area (Å²) in [5.41, 5.74) is 2.21. The first-order valence-corrected chi connectivity index (χ1v) is 8.22. The maximum Gasteiger partial charge on any atom is 0.409 e. The second-order valence-corrected chi connectivity index (χ2v) is 5.93. The average Bonchev–Trinajstić information content (AvgIpc) is 2.78. The van der Waals surface area contributed by atoms with Crippen LogP contribution in [0.25, 0.3) is 0 Å². The van der Waals surface area contributed by atoms with Gasteiger partial charge in [0.25, 0.3) is 5.91 Å². The lowest BCUT2D eigenvalue weighted by atomic mass is 10.1. The second-order valence-electron chi connectivity index (χ2n) is 5.93. The molecule has 0 radical (unpaired) electrons. The van der Waals surface area contributed by atoms with Crippen molar-refractivity contribution in [3.05, 3.63) is 29.3 Å². The van der Waals surface area contributed by atoms with Crippen LogP contribution in [0, 0.1) is 0 Å². The van der Waals surface area contributed by atoms with Gasteiger partial charge in [0.15, 0.2) is 0 Å². The summed E-state index contributed by atoms with van der Waals surface area (Å²) in [6.07, 6.45) is 0.705. The Kier molecular flexibility index (Phi) is 4.69. The number of nitrogens with zero attached hydrogens (tertiary/aromatic N) is 2. The molecule has 2 aliphatic rings. The van der Waals surface area contributed by atoms with Gasteiger partial charge in [-0.2, -0.15) is 0 Å². The SMILES string of the molecule is CCOC(=O)N1CCCN(C(=O)c2ccc3c(c2)CC(=O)N3)CC1. The van der Waals surface area contributed by atoms with Crippen molar-refractivity contribution in [3.63, 3.8) is 0 Å². The quantitative estimate of drug-likeness (QED) is 0.890. The molecule has 1 N–H and O–H groups in total. The first-order valence-electron chi connectivity index (χ1n) is 8.22. The molecule has 0 unspecified atom stereocenters. The molecule has 1 saturated heterocycles. The summed E-state index contributed by atoms with van der Waals surface area (Å²) in [4.78, 5) is 39.4. The maximum atomic E-state index is 12.7. The molecule has 0 bridgehead atoms. The van der Waals surface area contributed by atoms with E-state index in [0.29, 0.717) is 44.8 Å². The van der Waals surface area contributed by atoms with Gasteiger partial charge in [-0.25, -0.2) is 4.79 Å². The fraction of sp³-hybridized carbons (Fsp3) is 0.471. The van der Waals surface area contributed by atoms with Gasteiger partial charge in [-0.15, -0.1) is 0 Å². The molecule has 2 heterocycles. The van der Waals surface area contributed by atoms with E-state index in [4.69, 9.17) is 4.74 Å². The van der Waals surface area contributed by atoms with Crippen LogP contribution >= 0.6 is 0 Å². The third kappa shape index (κ3) is 3.34. The summed E-state index contributed by atoms with van der Waals surface area (Å²) in [6.45, 7) is 4.26. The molecule has 3 amide bonds. The van der Waals surface area contributed by atoms with E-state index in [0.717, 1.165) is 17.7 Å². The molecule has 2 aliphatic heterocycles. The number of amides is 3. The molecule has 128 valence electrons. The predicted octanol–water partition coefficient (Wildman–Crippen LogP) is 1.49. The fourth-order valence-corrected chi connectivity index (χ4v) is 3.06. The van der Waals surface area contributed by atoms with E-state index >= 15 is 0 Å². The minimum Gasteiger partial charge on any atom is -0.450 e. The molecule has 0 spiro atoms. The third-order valence-corrected chi connectivity index (χ3v) is 4.29. The second kappa shape index (κ2) is 6.90. The molecule has 1 aromatic carbocycles. The molecule has 0 aromatic heterocycles. The minimum atomic E-state index is -0.325. The lowest BCUT2D eigenvalue weighted by Crippen LogP contribution is -2.37. The van der Waals surface area contributed by atoms with Crippen LogP contribution in [-0.4, -0.2) is 60.5 Å². The summed E-state index contributed by atoms with van der Waals surface area (Å²) in [5.74, 6) is -0.114. The van der Waals surface area contributed by atoms with E-state index in [1.165, 1.54) is 0 Å². The van der Waals surface area contributed by atoms with Crippen molar-refractivity contribution in [2.75, 3.05) is 38.1 Å². The monoisotopic (exact) mass is 331 g/mol. The van der Waals surface area contributed by atoms with Crippen LogP contribution in [0.3, 0.4) is 0 Å².